The molecule has 10 nitrogen and oxygen atoms in total. The molecule has 0 unspecified atom stereocenters. The summed E-state index contributed by atoms with van der Waals surface area (Å²) in [7, 11) is -4.03. The van der Waals surface area contributed by atoms with Gasteiger partial charge in [-0.2, -0.15) is 0 Å². The van der Waals surface area contributed by atoms with Crippen molar-refractivity contribution in [3.63, 3.8) is 0 Å². The molecule has 2 aliphatic rings. The fourth-order valence-electron chi connectivity index (χ4n) is 3.51. The Morgan fingerprint density at radius 2 is 2.00 bits per heavy atom. The number of carbonyl (C=O) groups is 1. The van der Waals surface area contributed by atoms with Crippen molar-refractivity contribution in [2.24, 2.45) is 17.0 Å². The van der Waals surface area contributed by atoms with Crippen LogP contribution in [-0.4, -0.2) is 56.9 Å². The topological polar surface area (TPSA) is 148 Å². The number of hydrogen-bond donors (Lipinski definition) is 3. The SMILES string of the molecule is NS(=O)(=O)c1ccc(NCCC(=O)N2C[C@H]3CNC[C@H]3C2)c([N+](=O)[O-])c1. The lowest BCUT2D eigenvalue weighted by Crippen LogP contribution is -2.32. The van der Waals surface area contributed by atoms with Crippen LogP contribution in [0, 0.1) is 22.0 Å². The number of primary sulfonamides is 1. The average molecular weight is 383 g/mol. The first-order chi connectivity index (χ1) is 12.3. The van der Waals surface area contributed by atoms with Gasteiger partial charge in [0.25, 0.3) is 5.69 Å². The molecule has 142 valence electrons. The lowest BCUT2D eigenvalue weighted by molar-refractivity contribution is -0.384. The number of likely N-dealkylation sites (tertiary alicyclic amines) is 1. The zero-order valence-corrected chi connectivity index (χ0v) is 14.9. The van der Waals surface area contributed by atoms with Gasteiger partial charge in [0.2, 0.25) is 15.9 Å². The highest BCUT2D eigenvalue weighted by atomic mass is 32.2. The summed E-state index contributed by atoms with van der Waals surface area (Å²) in [5, 5.41) is 22.3. The minimum atomic E-state index is -4.03. The van der Waals surface area contributed by atoms with E-state index in [-0.39, 0.29) is 29.5 Å². The fraction of sp³-hybridized carbons (Fsp3) is 0.533. The van der Waals surface area contributed by atoms with Crippen molar-refractivity contribution in [1.82, 2.24) is 10.2 Å². The Balaban J connectivity index is 1.59. The molecule has 1 aromatic rings. The molecular weight excluding hydrogens is 362 g/mol. The van der Waals surface area contributed by atoms with Crippen molar-refractivity contribution >= 4 is 27.3 Å². The molecular formula is C15H21N5O5S. The number of fused-ring (bicyclic) bond motifs is 1. The van der Waals surface area contributed by atoms with Crippen molar-refractivity contribution in [3.05, 3.63) is 28.3 Å². The maximum atomic E-state index is 12.3. The third kappa shape index (κ3) is 3.94. The molecule has 1 aromatic carbocycles. The van der Waals surface area contributed by atoms with E-state index in [0.717, 1.165) is 32.2 Å². The van der Waals surface area contributed by atoms with Crippen molar-refractivity contribution in [2.45, 2.75) is 11.3 Å². The smallest absolute Gasteiger partial charge is 0.293 e. The quantitative estimate of drug-likeness (QED) is 0.452. The second kappa shape index (κ2) is 7.17. The minimum absolute atomic E-state index is 0.00992. The number of benzene rings is 1. The van der Waals surface area contributed by atoms with E-state index in [9.17, 15) is 23.3 Å². The van der Waals surface area contributed by atoms with Crippen molar-refractivity contribution in [2.75, 3.05) is 38.0 Å². The molecule has 2 fully saturated rings. The van der Waals surface area contributed by atoms with E-state index in [2.05, 4.69) is 10.6 Å². The van der Waals surface area contributed by atoms with E-state index in [1.165, 1.54) is 12.1 Å². The Kier molecular flexibility index (Phi) is 5.12. The molecule has 0 aliphatic carbocycles. The Bertz CT molecular complexity index is 816. The van der Waals surface area contributed by atoms with Crippen LogP contribution < -0.4 is 15.8 Å². The van der Waals surface area contributed by atoms with Crippen LogP contribution in [0.25, 0.3) is 0 Å². The molecule has 0 aromatic heterocycles. The fourth-order valence-corrected chi connectivity index (χ4v) is 4.04. The predicted octanol–water partition coefficient (Wildman–Crippen LogP) is -0.278. The number of nitro benzene ring substituents is 1. The zero-order chi connectivity index (χ0) is 18.9. The summed E-state index contributed by atoms with van der Waals surface area (Å²) in [5.74, 6) is 1.04. The predicted molar refractivity (Wildman–Crippen MR) is 94.0 cm³/mol. The molecule has 1 amide bonds. The van der Waals surface area contributed by atoms with E-state index < -0.39 is 20.6 Å². The van der Waals surface area contributed by atoms with Gasteiger partial charge < -0.3 is 15.5 Å². The maximum absolute atomic E-state index is 12.3. The second-order valence-electron chi connectivity index (χ2n) is 6.63. The molecule has 0 bridgehead atoms. The van der Waals surface area contributed by atoms with Crippen molar-refractivity contribution in [1.29, 1.82) is 0 Å². The lowest BCUT2D eigenvalue weighted by Gasteiger charge is -2.17. The van der Waals surface area contributed by atoms with Gasteiger partial charge in [-0.15, -0.1) is 0 Å². The standard InChI is InChI=1S/C15H21N5O5S/c16-26(24,25)12-1-2-13(14(5-12)20(22)23)18-4-3-15(21)19-8-10-6-17-7-11(10)9-19/h1-2,5,10-11,17-18H,3-4,6-9H2,(H2,16,24,25)/t10-,11+. The monoisotopic (exact) mass is 383 g/mol. The number of carbonyl (C=O) groups excluding carboxylic acids is 1. The van der Waals surface area contributed by atoms with E-state index in [1.807, 2.05) is 4.90 Å². The molecule has 11 heteroatoms. The number of nitro groups is 1. The number of nitrogens with two attached hydrogens (primary N) is 1. The maximum Gasteiger partial charge on any atom is 0.293 e. The third-order valence-electron chi connectivity index (χ3n) is 4.89. The first-order valence-electron chi connectivity index (χ1n) is 8.29. The summed E-state index contributed by atoms with van der Waals surface area (Å²) in [4.78, 5) is 24.3. The molecule has 2 heterocycles. The number of hydrogen-bond acceptors (Lipinski definition) is 7. The van der Waals surface area contributed by atoms with E-state index in [0.29, 0.717) is 11.8 Å². The van der Waals surface area contributed by atoms with E-state index in [1.54, 1.807) is 0 Å². The molecule has 4 N–H and O–H groups in total. The van der Waals surface area contributed by atoms with Crippen LogP contribution in [0.4, 0.5) is 11.4 Å². The Hall–Kier alpha value is -2.24. The number of amides is 1. The van der Waals surface area contributed by atoms with Gasteiger partial charge in [-0.05, 0) is 24.0 Å². The molecule has 0 radical (unpaired) electrons. The Morgan fingerprint density at radius 3 is 2.58 bits per heavy atom. The first-order valence-corrected chi connectivity index (χ1v) is 9.84. The highest BCUT2D eigenvalue weighted by Gasteiger charge is 2.37. The van der Waals surface area contributed by atoms with Gasteiger partial charge in [-0.3, -0.25) is 14.9 Å². The van der Waals surface area contributed by atoms with Gasteiger partial charge in [0, 0.05) is 45.2 Å². The van der Waals surface area contributed by atoms with Crippen LogP contribution in [0.1, 0.15) is 6.42 Å². The highest BCUT2D eigenvalue weighted by Crippen LogP contribution is 2.28. The zero-order valence-electron chi connectivity index (χ0n) is 14.1. The second-order valence-corrected chi connectivity index (χ2v) is 8.20. The van der Waals surface area contributed by atoms with Gasteiger partial charge >= 0.3 is 0 Å². The van der Waals surface area contributed by atoms with Crippen LogP contribution in [0.5, 0.6) is 0 Å². The van der Waals surface area contributed by atoms with Gasteiger partial charge in [-0.1, -0.05) is 0 Å². The summed E-state index contributed by atoms with van der Waals surface area (Å²) in [6, 6.07) is 3.39. The molecule has 2 atom stereocenters. The summed E-state index contributed by atoms with van der Waals surface area (Å²) in [6.45, 7) is 3.60. The number of rotatable bonds is 6. The van der Waals surface area contributed by atoms with Crippen LogP contribution in [0.15, 0.2) is 23.1 Å². The molecule has 0 spiro atoms. The summed E-state index contributed by atoms with van der Waals surface area (Å²) in [6.07, 6.45) is 0.209. The number of nitrogens with one attached hydrogen (secondary N) is 2. The molecule has 0 saturated carbocycles. The van der Waals surface area contributed by atoms with Gasteiger partial charge in [0.1, 0.15) is 5.69 Å². The lowest BCUT2D eigenvalue weighted by atomic mass is 10.0. The number of sulfonamides is 1. The Labute approximate surface area is 150 Å². The first kappa shape index (κ1) is 18.5. The van der Waals surface area contributed by atoms with Gasteiger partial charge in [-0.25, -0.2) is 13.6 Å². The molecule has 2 aliphatic heterocycles. The Morgan fingerprint density at radius 1 is 1.35 bits per heavy atom. The minimum Gasteiger partial charge on any atom is -0.379 e. The van der Waals surface area contributed by atoms with Crippen LogP contribution >= 0.6 is 0 Å². The molecule has 3 rings (SSSR count). The van der Waals surface area contributed by atoms with Gasteiger partial charge in [0.15, 0.2) is 0 Å². The van der Waals surface area contributed by atoms with Crippen LogP contribution in [-0.2, 0) is 14.8 Å². The summed E-state index contributed by atoms with van der Waals surface area (Å²) >= 11 is 0. The third-order valence-corrected chi connectivity index (χ3v) is 5.80. The van der Waals surface area contributed by atoms with Crippen LogP contribution in [0.2, 0.25) is 0 Å². The summed E-state index contributed by atoms with van der Waals surface area (Å²) in [5.41, 5.74) is -0.247. The highest BCUT2D eigenvalue weighted by molar-refractivity contribution is 7.89. The van der Waals surface area contributed by atoms with E-state index >= 15 is 0 Å². The van der Waals surface area contributed by atoms with Crippen molar-refractivity contribution in [3.8, 4) is 0 Å². The molecule has 26 heavy (non-hydrogen) atoms. The largest absolute Gasteiger partial charge is 0.379 e. The number of nitrogens with zero attached hydrogens (tertiary/aromatic N) is 2. The average Bonchev–Trinajstić information content (AvgIpc) is 3.15. The molecule has 2 saturated heterocycles. The normalized spacial score (nSPS) is 22.3. The number of anilines is 1. The van der Waals surface area contributed by atoms with Gasteiger partial charge in [0.05, 0.1) is 9.82 Å². The van der Waals surface area contributed by atoms with E-state index in [4.69, 9.17) is 5.14 Å². The summed E-state index contributed by atoms with van der Waals surface area (Å²) < 4.78 is 22.7. The van der Waals surface area contributed by atoms with Crippen LogP contribution in [0.3, 0.4) is 0 Å². The van der Waals surface area contributed by atoms with Crippen molar-refractivity contribution < 1.29 is 18.1 Å².